The molecule has 1 unspecified atom stereocenters. The van der Waals surface area contributed by atoms with E-state index in [1.165, 1.54) is 6.07 Å². The minimum atomic E-state index is -0.942. The zero-order valence-electron chi connectivity index (χ0n) is 13.4. The molecule has 1 aliphatic heterocycles. The van der Waals surface area contributed by atoms with Gasteiger partial charge in [-0.3, -0.25) is 4.79 Å². The molecule has 0 fully saturated rings. The van der Waals surface area contributed by atoms with Crippen molar-refractivity contribution in [2.45, 2.75) is 18.3 Å². The molecular weight excluding hydrogens is 384 g/mol. The first-order valence-electron chi connectivity index (χ1n) is 7.62. The SMILES string of the molecule is NC1=C(OSCc2ccc(F)c(F)c2)C(=O)C(C2=CC=C(Cl)C=CC2)O1. The smallest absolute Gasteiger partial charge is 0.249 e. The molecule has 2 N–H and O–H groups in total. The van der Waals surface area contributed by atoms with E-state index in [1.54, 1.807) is 18.2 Å². The molecule has 0 aromatic heterocycles. The van der Waals surface area contributed by atoms with Gasteiger partial charge >= 0.3 is 0 Å². The van der Waals surface area contributed by atoms with Crippen LogP contribution in [0.15, 0.2) is 64.8 Å². The number of halogens is 3. The number of ether oxygens (including phenoxy) is 1. The van der Waals surface area contributed by atoms with Gasteiger partial charge in [0.2, 0.25) is 17.4 Å². The third-order valence-electron chi connectivity index (χ3n) is 3.71. The molecule has 0 saturated heterocycles. The van der Waals surface area contributed by atoms with Crippen molar-refractivity contribution in [3.63, 3.8) is 0 Å². The Morgan fingerprint density at radius 2 is 2.12 bits per heavy atom. The highest BCUT2D eigenvalue weighted by Gasteiger charge is 2.38. The first-order chi connectivity index (χ1) is 12.5. The Balaban J connectivity index is 1.62. The van der Waals surface area contributed by atoms with Crippen molar-refractivity contribution in [1.29, 1.82) is 0 Å². The van der Waals surface area contributed by atoms with Crippen LogP contribution in [-0.4, -0.2) is 11.9 Å². The molecule has 1 aromatic rings. The van der Waals surface area contributed by atoms with Crippen LogP contribution in [0.2, 0.25) is 0 Å². The summed E-state index contributed by atoms with van der Waals surface area (Å²) in [5.41, 5.74) is 6.97. The van der Waals surface area contributed by atoms with Crippen molar-refractivity contribution < 1.29 is 22.5 Å². The molecule has 1 aromatic carbocycles. The lowest BCUT2D eigenvalue weighted by molar-refractivity contribution is -0.121. The number of Topliss-reactive ketones (excluding diaryl/α,β-unsaturated/α-hetero) is 1. The van der Waals surface area contributed by atoms with Crippen LogP contribution >= 0.6 is 23.6 Å². The fourth-order valence-electron chi connectivity index (χ4n) is 2.40. The van der Waals surface area contributed by atoms with Crippen LogP contribution in [0.4, 0.5) is 8.78 Å². The maximum absolute atomic E-state index is 13.2. The molecule has 4 nitrogen and oxygen atoms in total. The molecule has 1 atom stereocenters. The number of benzene rings is 1. The van der Waals surface area contributed by atoms with Crippen LogP contribution in [0.5, 0.6) is 0 Å². The fourth-order valence-corrected chi connectivity index (χ4v) is 3.21. The average Bonchev–Trinajstić information content (AvgIpc) is 2.76. The van der Waals surface area contributed by atoms with Gasteiger partial charge < -0.3 is 14.7 Å². The van der Waals surface area contributed by atoms with Crippen LogP contribution < -0.4 is 5.73 Å². The molecule has 0 saturated carbocycles. The van der Waals surface area contributed by atoms with E-state index in [0.717, 1.165) is 24.2 Å². The summed E-state index contributed by atoms with van der Waals surface area (Å²) in [7, 11) is 0. The second kappa shape index (κ2) is 7.97. The van der Waals surface area contributed by atoms with Crippen LogP contribution in [0, 0.1) is 11.6 Å². The summed E-state index contributed by atoms with van der Waals surface area (Å²) < 4.78 is 36.9. The molecule has 3 rings (SSSR count). The number of hydrogen-bond donors (Lipinski definition) is 1. The normalized spacial score (nSPS) is 19.8. The number of nitrogens with two attached hydrogens (primary N) is 1. The number of rotatable bonds is 5. The summed E-state index contributed by atoms with van der Waals surface area (Å²) in [6.07, 6.45) is 6.57. The van der Waals surface area contributed by atoms with E-state index in [0.29, 0.717) is 22.6 Å². The number of ketones is 1. The standard InChI is InChI=1S/C18H14ClF2NO3S/c19-12-3-1-2-11(5-6-12)16-15(23)17(18(22)24-16)25-26-9-10-4-7-13(20)14(21)8-10/h1,3-8,16H,2,9,22H2. The van der Waals surface area contributed by atoms with Crippen molar-refractivity contribution in [3.8, 4) is 0 Å². The van der Waals surface area contributed by atoms with Crippen LogP contribution in [0.1, 0.15) is 12.0 Å². The van der Waals surface area contributed by atoms with Crippen LogP contribution in [0.3, 0.4) is 0 Å². The quantitative estimate of drug-likeness (QED) is 0.753. The van der Waals surface area contributed by atoms with Crippen LogP contribution in [-0.2, 0) is 19.5 Å². The van der Waals surface area contributed by atoms with E-state index in [9.17, 15) is 13.6 Å². The summed E-state index contributed by atoms with van der Waals surface area (Å²) in [5, 5.41) is 0.546. The number of carbonyl (C=O) groups is 1. The van der Waals surface area contributed by atoms with Crippen molar-refractivity contribution >= 4 is 29.4 Å². The van der Waals surface area contributed by atoms with Crippen molar-refractivity contribution in [3.05, 3.63) is 81.9 Å². The Morgan fingerprint density at radius 1 is 1.31 bits per heavy atom. The Kier molecular flexibility index (Phi) is 5.68. The van der Waals surface area contributed by atoms with Gasteiger partial charge in [-0.15, -0.1) is 0 Å². The zero-order chi connectivity index (χ0) is 18.7. The minimum Gasteiger partial charge on any atom is -0.460 e. The molecule has 26 heavy (non-hydrogen) atoms. The van der Waals surface area contributed by atoms with E-state index in [1.807, 2.05) is 6.08 Å². The van der Waals surface area contributed by atoms with E-state index in [2.05, 4.69) is 0 Å². The van der Waals surface area contributed by atoms with Crippen molar-refractivity contribution in [2.75, 3.05) is 0 Å². The topological polar surface area (TPSA) is 61.5 Å². The second-order valence-electron chi connectivity index (χ2n) is 5.55. The summed E-state index contributed by atoms with van der Waals surface area (Å²) >= 11 is 6.81. The average molecular weight is 398 g/mol. The van der Waals surface area contributed by atoms with Gasteiger partial charge in [0.1, 0.15) is 0 Å². The predicted molar refractivity (Wildman–Crippen MR) is 95.6 cm³/mol. The third-order valence-corrected chi connectivity index (χ3v) is 4.69. The van der Waals surface area contributed by atoms with Gasteiger partial charge in [0, 0.05) is 5.03 Å². The van der Waals surface area contributed by atoms with Gasteiger partial charge in [-0.1, -0.05) is 29.8 Å². The predicted octanol–water partition coefficient (Wildman–Crippen LogP) is 4.23. The van der Waals surface area contributed by atoms with Gasteiger partial charge in [-0.2, -0.15) is 0 Å². The first kappa shape index (κ1) is 18.5. The van der Waals surface area contributed by atoms with Crippen molar-refractivity contribution in [2.24, 2.45) is 5.73 Å². The Bertz CT molecular complexity index is 864. The Morgan fingerprint density at radius 3 is 2.88 bits per heavy atom. The maximum Gasteiger partial charge on any atom is 0.249 e. The summed E-state index contributed by atoms with van der Waals surface area (Å²) in [4.78, 5) is 12.5. The molecule has 0 bridgehead atoms. The Labute approximate surface area is 158 Å². The lowest BCUT2D eigenvalue weighted by Gasteiger charge is -2.11. The van der Waals surface area contributed by atoms with Gasteiger partial charge in [0.15, 0.2) is 17.7 Å². The van der Waals surface area contributed by atoms with E-state index in [-0.39, 0.29) is 17.4 Å². The maximum atomic E-state index is 13.2. The molecule has 8 heteroatoms. The molecule has 0 amide bonds. The van der Waals surface area contributed by atoms with Gasteiger partial charge in [0.25, 0.3) is 0 Å². The highest BCUT2D eigenvalue weighted by Crippen LogP contribution is 2.31. The summed E-state index contributed by atoms with van der Waals surface area (Å²) in [6, 6.07) is 3.53. The van der Waals surface area contributed by atoms with Crippen molar-refractivity contribution in [1.82, 2.24) is 0 Å². The second-order valence-corrected chi connectivity index (χ2v) is 6.68. The molecular formula is C18H14ClF2NO3S. The first-order valence-corrected chi connectivity index (χ1v) is 8.91. The fraction of sp³-hybridized carbons (Fsp3) is 0.167. The minimum absolute atomic E-state index is 0.0909. The molecule has 1 aliphatic carbocycles. The number of allylic oxidation sites excluding steroid dienone is 5. The summed E-state index contributed by atoms with van der Waals surface area (Å²) in [6.45, 7) is 0. The monoisotopic (exact) mass is 397 g/mol. The van der Waals surface area contributed by atoms with E-state index < -0.39 is 23.5 Å². The molecule has 1 heterocycles. The third kappa shape index (κ3) is 4.11. The lowest BCUT2D eigenvalue weighted by atomic mass is 10.0. The highest BCUT2D eigenvalue weighted by molar-refractivity contribution is 7.94. The van der Waals surface area contributed by atoms with Gasteiger partial charge in [-0.05, 0) is 41.8 Å². The lowest BCUT2D eigenvalue weighted by Crippen LogP contribution is -2.21. The zero-order valence-corrected chi connectivity index (χ0v) is 14.9. The van der Waals surface area contributed by atoms with E-state index in [4.69, 9.17) is 26.3 Å². The van der Waals surface area contributed by atoms with Crippen LogP contribution in [0.25, 0.3) is 0 Å². The molecule has 136 valence electrons. The molecule has 0 radical (unpaired) electrons. The summed E-state index contributed by atoms with van der Waals surface area (Å²) in [5.74, 6) is -2.26. The largest absolute Gasteiger partial charge is 0.460 e. The highest BCUT2D eigenvalue weighted by atomic mass is 35.5. The number of hydrogen-bond acceptors (Lipinski definition) is 5. The molecule has 2 aliphatic rings. The number of carbonyl (C=O) groups excluding carboxylic acids is 1. The van der Waals surface area contributed by atoms with Gasteiger partial charge in [-0.25, -0.2) is 8.78 Å². The van der Waals surface area contributed by atoms with Gasteiger partial charge in [0.05, 0.1) is 17.8 Å². The Hall–Kier alpha value is -2.25. The molecule has 0 spiro atoms. The van der Waals surface area contributed by atoms with E-state index >= 15 is 0 Å².